The third kappa shape index (κ3) is 3.56. The van der Waals surface area contributed by atoms with E-state index in [0.717, 1.165) is 25.2 Å². The highest BCUT2D eigenvalue weighted by atomic mass is 16.7. The molecule has 19 heavy (non-hydrogen) atoms. The summed E-state index contributed by atoms with van der Waals surface area (Å²) in [6.45, 7) is 5.89. The van der Waals surface area contributed by atoms with Crippen LogP contribution >= 0.6 is 0 Å². The zero-order chi connectivity index (χ0) is 13.7. The van der Waals surface area contributed by atoms with Crippen LogP contribution < -0.4 is 0 Å². The molecule has 3 nitrogen and oxygen atoms in total. The molecule has 0 aromatic heterocycles. The molecule has 102 valence electrons. The van der Waals surface area contributed by atoms with Crippen molar-refractivity contribution in [3.63, 3.8) is 0 Å². The van der Waals surface area contributed by atoms with Gasteiger partial charge in [-0.2, -0.15) is 5.26 Å². The molecule has 0 bridgehead atoms. The van der Waals surface area contributed by atoms with Crippen LogP contribution in [0.5, 0.6) is 0 Å². The number of unbranched alkanes of at least 4 members (excludes halogenated alkanes) is 1. The van der Waals surface area contributed by atoms with Crippen molar-refractivity contribution in [2.75, 3.05) is 13.2 Å². The second-order valence-corrected chi connectivity index (χ2v) is 5.60. The summed E-state index contributed by atoms with van der Waals surface area (Å²) in [4.78, 5) is 0. The van der Waals surface area contributed by atoms with E-state index in [0.29, 0.717) is 5.56 Å². The topological polar surface area (TPSA) is 42.2 Å². The molecule has 0 unspecified atom stereocenters. The molecule has 0 aliphatic carbocycles. The molecule has 0 N–H and O–H groups in total. The van der Waals surface area contributed by atoms with Gasteiger partial charge in [-0.15, -0.1) is 0 Å². The average molecular weight is 259 g/mol. The molecular formula is C16H21NO2. The van der Waals surface area contributed by atoms with Crippen LogP contribution in [0.15, 0.2) is 24.3 Å². The lowest BCUT2D eigenvalue weighted by atomic mass is 9.86. The van der Waals surface area contributed by atoms with Gasteiger partial charge in [-0.05, 0) is 18.6 Å². The Labute approximate surface area is 115 Å². The van der Waals surface area contributed by atoms with Gasteiger partial charge in [0.15, 0.2) is 6.29 Å². The summed E-state index contributed by atoms with van der Waals surface area (Å²) in [5.74, 6) is 0. The van der Waals surface area contributed by atoms with Crippen molar-refractivity contribution in [2.45, 2.75) is 39.4 Å². The third-order valence-electron chi connectivity index (χ3n) is 3.61. The standard InChI is InChI=1S/C16H21NO2/c1-3-4-9-16(2)11-18-15(19-12-16)14-7-5-13(10-17)6-8-14/h5-8,15H,3-4,9,11-12H2,1-2H3/t15-,16-. The lowest BCUT2D eigenvalue weighted by molar-refractivity contribution is -0.231. The maximum Gasteiger partial charge on any atom is 0.183 e. The van der Waals surface area contributed by atoms with Gasteiger partial charge in [0.2, 0.25) is 0 Å². The highest BCUT2D eigenvalue weighted by Gasteiger charge is 2.32. The molecular weight excluding hydrogens is 238 g/mol. The van der Waals surface area contributed by atoms with E-state index >= 15 is 0 Å². The first-order valence-corrected chi connectivity index (χ1v) is 6.90. The van der Waals surface area contributed by atoms with E-state index in [1.54, 1.807) is 12.1 Å². The Bertz CT molecular complexity index is 439. The summed E-state index contributed by atoms with van der Waals surface area (Å²) in [5.41, 5.74) is 1.78. The van der Waals surface area contributed by atoms with Crippen LogP contribution in [0.25, 0.3) is 0 Å². The Morgan fingerprint density at radius 2 is 1.89 bits per heavy atom. The van der Waals surface area contributed by atoms with E-state index in [1.165, 1.54) is 12.8 Å². The molecule has 1 aliphatic heterocycles. The molecule has 1 heterocycles. The van der Waals surface area contributed by atoms with E-state index in [2.05, 4.69) is 19.9 Å². The zero-order valence-corrected chi connectivity index (χ0v) is 11.7. The van der Waals surface area contributed by atoms with E-state index in [9.17, 15) is 0 Å². The molecule has 0 spiro atoms. The maximum atomic E-state index is 8.78. The first-order chi connectivity index (χ1) is 9.17. The van der Waals surface area contributed by atoms with Crippen molar-refractivity contribution in [3.8, 4) is 6.07 Å². The molecule has 1 aliphatic rings. The van der Waals surface area contributed by atoms with Gasteiger partial charge in [-0.25, -0.2) is 0 Å². The Hall–Kier alpha value is -1.37. The summed E-state index contributed by atoms with van der Waals surface area (Å²) in [7, 11) is 0. The molecule has 0 amide bonds. The number of nitrogens with zero attached hydrogens (tertiary/aromatic N) is 1. The predicted molar refractivity (Wildman–Crippen MR) is 73.4 cm³/mol. The summed E-state index contributed by atoms with van der Waals surface area (Å²) in [6, 6.07) is 9.51. The van der Waals surface area contributed by atoms with Crippen molar-refractivity contribution in [1.82, 2.24) is 0 Å². The number of benzene rings is 1. The van der Waals surface area contributed by atoms with Crippen molar-refractivity contribution in [2.24, 2.45) is 5.41 Å². The van der Waals surface area contributed by atoms with Crippen LogP contribution in [0, 0.1) is 16.7 Å². The minimum Gasteiger partial charge on any atom is -0.348 e. The second-order valence-electron chi connectivity index (χ2n) is 5.60. The van der Waals surface area contributed by atoms with Gasteiger partial charge >= 0.3 is 0 Å². The number of hydrogen-bond donors (Lipinski definition) is 0. The van der Waals surface area contributed by atoms with Gasteiger partial charge in [-0.3, -0.25) is 0 Å². The number of hydrogen-bond acceptors (Lipinski definition) is 3. The lowest BCUT2D eigenvalue weighted by Crippen LogP contribution is -2.36. The summed E-state index contributed by atoms with van der Waals surface area (Å²) >= 11 is 0. The van der Waals surface area contributed by atoms with E-state index < -0.39 is 0 Å². The van der Waals surface area contributed by atoms with E-state index in [-0.39, 0.29) is 11.7 Å². The van der Waals surface area contributed by atoms with E-state index in [4.69, 9.17) is 14.7 Å². The monoisotopic (exact) mass is 259 g/mol. The van der Waals surface area contributed by atoms with Crippen molar-refractivity contribution < 1.29 is 9.47 Å². The molecule has 2 rings (SSSR count). The van der Waals surface area contributed by atoms with Crippen LogP contribution in [0.4, 0.5) is 0 Å². The molecule has 0 radical (unpaired) electrons. The fourth-order valence-corrected chi connectivity index (χ4v) is 2.30. The lowest BCUT2D eigenvalue weighted by Gasteiger charge is -2.37. The highest BCUT2D eigenvalue weighted by Crippen LogP contribution is 2.34. The van der Waals surface area contributed by atoms with Gasteiger partial charge in [0.05, 0.1) is 24.8 Å². The average Bonchev–Trinajstić information content (AvgIpc) is 2.46. The van der Waals surface area contributed by atoms with Crippen LogP contribution in [0.1, 0.15) is 50.5 Å². The summed E-state index contributed by atoms with van der Waals surface area (Å²) < 4.78 is 11.7. The van der Waals surface area contributed by atoms with Gasteiger partial charge in [0.1, 0.15) is 0 Å². The van der Waals surface area contributed by atoms with Crippen molar-refractivity contribution >= 4 is 0 Å². The molecule has 1 aromatic rings. The van der Waals surface area contributed by atoms with Crippen molar-refractivity contribution in [3.05, 3.63) is 35.4 Å². The van der Waals surface area contributed by atoms with Crippen LogP contribution in [0.3, 0.4) is 0 Å². The molecule has 0 atom stereocenters. The predicted octanol–water partition coefficient (Wildman–Crippen LogP) is 3.80. The molecule has 1 saturated heterocycles. The maximum absolute atomic E-state index is 8.78. The van der Waals surface area contributed by atoms with Crippen LogP contribution in [-0.2, 0) is 9.47 Å². The number of rotatable bonds is 4. The Morgan fingerprint density at radius 1 is 1.26 bits per heavy atom. The quantitative estimate of drug-likeness (QED) is 0.826. The summed E-state index contributed by atoms with van der Waals surface area (Å²) in [6.07, 6.45) is 3.27. The zero-order valence-electron chi connectivity index (χ0n) is 11.7. The van der Waals surface area contributed by atoms with Crippen molar-refractivity contribution in [1.29, 1.82) is 5.26 Å². The molecule has 3 heteroatoms. The van der Waals surface area contributed by atoms with Gasteiger partial charge in [0, 0.05) is 11.0 Å². The number of nitriles is 1. The highest BCUT2D eigenvalue weighted by molar-refractivity contribution is 5.32. The SMILES string of the molecule is CCCC[C@]1(C)CO[C@@H](c2ccc(C#N)cc2)OC1. The molecule has 1 fully saturated rings. The smallest absolute Gasteiger partial charge is 0.183 e. The number of ether oxygens (including phenoxy) is 2. The second kappa shape index (κ2) is 6.18. The minimum absolute atomic E-state index is 0.138. The third-order valence-corrected chi connectivity index (χ3v) is 3.61. The Kier molecular flexibility index (Phi) is 4.57. The summed E-state index contributed by atoms with van der Waals surface area (Å²) in [5, 5.41) is 8.78. The van der Waals surface area contributed by atoms with Crippen LogP contribution in [-0.4, -0.2) is 13.2 Å². The molecule has 1 aromatic carbocycles. The first-order valence-electron chi connectivity index (χ1n) is 6.90. The van der Waals surface area contributed by atoms with Gasteiger partial charge in [0.25, 0.3) is 0 Å². The Morgan fingerprint density at radius 3 is 2.42 bits per heavy atom. The van der Waals surface area contributed by atoms with Crippen LogP contribution in [0.2, 0.25) is 0 Å². The van der Waals surface area contributed by atoms with E-state index in [1.807, 2.05) is 12.1 Å². The first kappa shape index (κ1) is 14.0. The fourth-order valence-electron chi connectivity index (χ4n) is 2.30. The fraction of sp³-hybridized carbons (Fsp3) is 0.562. The van der Waals surface area contributed by atoms with Gasteiger partial charge in [-0.1, -0.05) is 38.8 Å². The Balaban J connectivity index is 1.93. The van der Waals surface area contributed by atoms with Gasteiger partial charge < -0.3 is 9.47 Å². The minimum atomic E-state index is -0.289. The largest absolute Gasteiger partial charge is 0.348 e. The molecule has 0 saturated carbocycles. The normalized spacial score (nSPS) is 26.9.